The van der Waals surface area contributed by atoms with Gasteiger partial charge in [0.15, 0.2) is 0 Å². The summed E-state index contributed by atoms with van der Waals surface area (Å²) in [6.45, 7) is 2.92. The fourth-order valence-electron chi connectivity index (χ4n) is 3.43. The van der Waals surface area contributed by atoms with Gasteiger partial charge < -0.3 is 10.1 Å². The molecule has 36 heavy (non-hydrogen) atoms. The minimum absolute atomic E-state index is 0.0807. The van der Waals surface area contributed by atoms with Gasteiger partial charge in [-0.1, -0.05) is 36.7 Å². The molecule has 0 heterocycles. The topological polar surface area (TPSA) is 75.7 Å². The van der Waals surface area contributed by atoms with E-state index < -0.39 is 34.2 Å². The number of hydrogen-bond acceptors (Lipinski definition) is 4. The van der Waals surface area contributed by atoms with Crippen molar-refractivity contribution in [2.75, 3.05) is 23.3 Å². The third kappa shape index (κ3) is 6.11. The van der Waals surface area contributed by atoms with Crippen molar-refractivity contribution in [1.82, 2.24) is 0 Å². The molecule has 0 aromatic heterocycles. The average Bonchev–Trinajstić information content (AvgIpc) is 2.83. The predicted octanol–water partition coefficient (Wildman–Crippen LogP) is 6.07. The van der Waals surface area contributed by atoms with Gasteiger partial charge in [0.2, 0.25) is 5.91 Å². The van der Waals surface area contributed by atoms with E-state index in [1.807, 2.05) is 6.92 Å². The van der Waals surface area contributed by atoms with Gasteiger partial charge in [0, 0.05) is 0 Å². The molecule has 0 aliphatic rings. The number of sulfonamides is 1. The van der Waals surface area contributed by atoms with E-state index in [1.54, 1.807) is 37.3 Å². The number of benzene rings is 3. The lowest BCUT2D eigenvalue weighted by Gasteiger charge is -2.25. The average molecular weight is 541 g/mol. The Kier molecular flexibility index (Phi) is 8.20. The van der Waals surface area contributed by atoms with Gasteiger partial charge in [-0.2, -0.15) is 13.2 Å². The zero-order chi connectivity index (χ0) is 26.7. The van der Waals surface area contributed by atoms with Crippen LogP contribution in [0.4, 0.5) is 24.5 Å². The Morgan fingerprint density at radius 1 is 1.06 bits per heavy atom. The fourth-order valence-corrected chi connectivity index (χ4v) is 5.26. The Labute approximate surface area is 212 Å². The van der Waals surface area contributed by atoms with Crippen molar-refractivity contribution < 1.29 is 31.1 Å². The number of nitrogens with zero attached hydrogens (tertiary/aromatic N) is 1. The lowest BCUT2D eigenvalue weighted by molar-refractivity contribution is -0.137. The van der Waals surface area contributed by atoms with Gasteiger partial charge in [-0.05, 0) is 66.9 Å². The Morgan fingerprint density at radius 3 is 2.31 bits per heavy atom. The van der Waals surface area contributed by atoms with Crippen LogP contribution >= 0.6 is 11.6 Å². The minimum Gasteiger partial charge on any atom is -0.495 e. The van der Waals surface area contributed by atoms with Crippen molar-refractivity contribution in [3.05, 3.63) is 82.4 Å². The first kappa shape index (κ1) is 27.3. The molecule has 1 amide bonds. The van der Waals surface area contributed by atoms with Crippen LogP contribution in [0.25, 0.3) is 0 Å². The van der Waals surface area contributed by atoms with Crippen LogP contribution < -0.4 is 14.4 Å². The SMILES string of the molecule is CCc1ccc(N(CC(=O)Nc2cc(C(F)(F)F)ccc2Cl)S(=O)(=O)c2cc(C)ccc2OC)cc1. The summed E-state index contributed by atoms with van der Waals surface area (Å²) in [7, 11) is -3.01. The molecule has 0 bridgehead atoms. The van der Waals surface area contributed by atoms with Gasteiger partial charge in [0.05, 0.1) is 29.1 Å². The Morgan fingerprint density at radius 2 is 1.72 bits per heavy atom. The van der Waals surface area contributed by atoms with Gasteiger partial charge >= 0.3 is 6.18 Å². The molecule has 3 rings (SSSR count). The first-order chi connectivity index (χ1) is 16.9. The van der Waals surface area contributed by atoms with Gasteiger partial charge in [-0.25, -0.2) is 8.42 Å². The van der Waals surface area contributed by atoms with Crippen LogP contribution in [0.3, 0.4) is 0 Å². The van der Waals surface area contributed by atoms with Crippen molar-refractivity contribution >= 4 is 38.9 Å². The number of methoxy groups -OCH3 is 1. The summed E-state index contributed by atoms with van der Waals surface area (Å²) in [5.74, 6) is -0.803. The maximum atomic E-state index is 13.8. The van der Waals surface area contributed by atoms with Crippen LogP contribution in [0.1, 0.15) is 23.6 Å². The normalized spacial score (nSPS) is 11.8. The van der Waals surface area contributed by atoms with E-state index in [0.29, 0.717) is 18.1 Å². The van der Waals surface area contributed by atoms with Crippen LogP contribution in [0.15, 0.2) is 65.6 Å². The number of halogens is 4. The van der Waals surface area contributed by atoms with Crippen molar-refractivity contribution in [2.45, 2.75) is 31.3 Å². The van der Waals surface area contributed by atoms with Crippen molar-refractivity contribution in [3.8, 4) is 5.75 Å². The molecule has 0 aliphatic heterocycles. The quantitative estimate of drug-likeness (QED) is 0.376. The number of aryl methyl sites for hydroxylation is 2. The fraction of sp³-hybridized carbons (Fsp3) is 0.240. The Balaban J connectivity index is 2.03. The maximum absolute atomic E-state index is 13.8. The highest BCUT2D eigenvalue weighted by atomic mass is 35.5. The van der Waals surface area contributed by atoms with E-state index in [2.05, 4.69) is 5.32 Å². The highest BCUT2D eigenvalue weighted by molar-refractivity contribution is 7.93. The molecule has 192 valence electrons. The van der Waals surface area contributed by atoms with Gasteiger partial charge in [0.1, 0.15) is 17.2 Å². The van der Waals surface area contributed by atoms with E-state index >= 15 is 0 Å². The number of ether oxygens (including phenoxy) is 1. The van der Waals surface area contributed by atoms with E-state index in [9.17, 15) is 26.4 Å². The largest absolute Gasteiger partial charge is 0.495 e. The maximum Gasteiger partial charge on any atom is 0.416 e. The Hall–Kier alpha value is -3.24. The number of amides is 1. The van der Waals surface area contributed by atoms with Crippen molar-refractivity contribution in [1.29, 1.82) is 0 Å². The second kappa shape index (κ2) is 10.8. The first-order valence-corrected chi connectivity index (χ1v) is 12.6. The molecule has 3 aromatic carbocycles. The number of nitrogens with one attached hydrogen (secondary N) is 1. The standard InChI is InChI=1S/C25H24ClF3N2O4S/c1-4-17-6-9-19(10-7-17)31(36(33,34)23-13-16(2)5-12-22(23)35-3)15-24(32)30-21-14-18(25(27,28)29)8-11-20(21)26/h5-14H,4,15H2,1-3H3,(H,30,32). The molecule has 11 heteroatoms. The van der Waals surface area contributed by atoms with E-state index in [4.69, 9.17) is 16.3 Å². The smallest absolute Gasteiger partial charge is 0.416 e. The minimum atomic E-state index is -4.65. The summed E-state index contributed by atoms with van der Waals surface area (Å²) >= 11 is 5.99. The van der Waals surface area contributed by atoms with Gasteiger partial charge in [-0.3, -0.25) is 9.10 Å². The van der Waals surface area contributed by atoms with Crippen LogP contribution in [0.2, 0.25) is 5.02 Å². The number of hydrogen-bond donors (Lipinski definition) is 1. The summed E-state index contributed by atoms with van der Waals surface area (Å²) in [6, 6.07) is 13.7. The summed E-state index contributed by atoms with van der Waals surface area (Å²) in [5, 5.41) is 2.17. The Bertz CT molecular complexity index is 1360. The molecule has 0 radical (unpaired) electrons. The lowest BCUT2D eigenvalue weighted by Crippen LogP contribution is -2.38. The summed E-state index contributed by atoms with van der Waals surface area (Å²) in [5.41, 5.74) is 0.496. The third-order valence-corrected chi connectivity index (χ3v) is 7.50. The molecule has 1 N–H and O–H groups in total. The second-order valence-corrected chi connectivity index (χ2v) is 10.2. The lowest BCUT2D eigenvalue weighted by atomic mass is 10.1. The summed E-state index contributed by atoms with van der Waals surface area (Å²) in [6.07, 6.45) is -3.94. The van der Waals surface area contributed by atoms with Crippen molar-refractivity contribution in [2.24, 2.45) is 0 Å². The number of alkyl halides is 3. The highest BCUT2D eigenvalue weighted by Crippen LogP contribution is 2.34. The molecule has 0 saturated heterocycles. The molecule has 3 aromatic rings. The predicted molar refractivity (Wildman–Crippen MR) is 133 cm³/mol. The molecule has 0 aliphatic carbocycles. The molecular formula is C25H24ClF3N2O4S. The van der Waals surface area contributed by atoms with Gasteiger partial charge in [-0.15, -0.1) is 0 Å². The van der Waals surface area contributed by atoms with E-state index in [0.717, 1.165) is 22.0 Å². The number of anilines is 2. The molecular weight excluding hydrogens is 517 g/mol. The molecule has 6 nitrogen and oxygen atoms in total. The first-order valence-electron chi connectivity index (χ1n) is 10.8. The second-order valence-electron chi connectivity index (χ2n) is 7.93. The van der Waals surface area contributed by atoms with Crippen LogP contribution in [0, 0.1) is 6.92 Å². The zero-order valence-electron chi connectivity index (χ0n) is 19.7. The van der Waals surface area contributed by atoms with E-state index in [-0.39, 0.29) is 27.0 Å². The van der Waals surface area contributed by atoms with Crippen molar-refractivity contribution in [3.63, 3.8) is 0 Å². The number of rotatable bonds is 8. The van der Waals surface area contributed by atoms with E-state index in [1.165, 1.54) is 19.2 Å². The third-order valence-electron chi connectivity index (χ3n) is 5.37. The van der Waals surface area contributed by atoms with Crippen LogP contribution in [-0.4, -0.2) is 28.0 Å². The molecule has 0 spiro atoms. The summed E-state index contributed by atoms with van der Waals surface area (Å²) in [4.78, 5) is 12.8. The monoisotopic (exact) mass is 540 g/mol. The van der Waals surface area contributed by atoms with Gasteiger partial charge in [0.25, 0.3) is 10.0 Å². The molecule has 0 atom stereocenters. The number of carbonyl (C=O) groups excluding carboxylic acids is 1. The highest BCUT2D eigenvalue weighted by Gasteiger charge is 2.32. The number of carbonyl (C=O) groups is 1. The summed E-state index contributed by atoms with van der Waals surface area (Å²) < 4.78 is 73.0. The zero-order valence-corrected chi connectivity index (χ0v) is 21.3. The molecule has 0 saturated carbocycles. The van der Waals surface area contributed by atoms with Crippen LogP contribution in [-0.2, 0) is 27.4 Å². The molecule has 0 unspecified atom stereocenters. The van der Waals surface area contributed by atoms with Crippen LogP contribution in [0.5, 0.6) is 5.75 Å². The molecule has 0 fully saturated rings.